The lowest BCUT2D eigenvalue weighted by atomic mass is 10.1. The van der Waals surface area contributed by atoms with E-state index in [0.29, 0.717) is 22.2 Å². The number of fused-ring (bicyclic) bond motifs is 1. The summed E-state index contributed by atoms with van der Waals surface area (Å²) < 4.78 is 0. The molecule has 0 saturated carbocycles. The van der Waals surface area contributed by atoms with Crippen LogP contribution in [0.2, 0.25) is 0 Å². The van der Waals surface area contributed by atoms with Crippen molar-refractivity contribution in [1.29, 1.82) is 0 Å². The Bertz CT molecular complexity index is 797. The van der Waals surface area contributed by atoms with Crippen molar-refractivity contribution in [1.82, 2.24) is 15.3 Å². The van der Waals surface area contributed by atoms with Gasteiger partial charge in [-0.05, 0) is 18.2 Å². The predicted octanol–water partition coefficient (Wildman–Crippen LogP) is 2.27. The van der Waals surface area contributed by atoms with Crippen LogP contribution in [-0.2, 0) is 6.54 Å². The molecule has 0 aliphatic heterocycles. The van der Waals surface area contributed by atoms with E-state index in [2.05, 4.69) is 15.3 Å². The number of nitrogens with zero attached hydrogens (tertiary/aromatic N) is 2. The van der Waals surface area contributed by atoms with Crippen molar-refractivity contribution in [3.05, 3.63) is 66.0 Å². The number of benzene rings is 2. The highest BCUT2D eigenvalue weighted by atomic mass is 16.3. The number of amides is 1. The maximum absolute atomic E-state index is 12.3. The van der Waals surface area contributed by atoms with Gasteiger partial charge in [-0.25, -0.2) is 0 Å². The fourth-order valence-electron chi connectivity index (χ4n) is 2.11. The molecule has 2 aromatic carbocycles. The zero-order valence-corrected chi connectivity index (χ0v) is 11.2. The summed E-state index contributed by atoms with van der Waals surface area (Å²) >= 11 is 0. The molecule has 0 spiro atoms. The molecule has 0 aliphatic rings. The highest BCUT2D eigenvalue weighted by Gasteiger charge is 2.11. The number of phenols is 1. The molecule has 21 heavy (non-hydrogen) atoms. The minimum absolute atomic E-state index is 0.163. The molecule has 0 fully saturated rings. The second kappa shape index (κ2) is 5.58. The highest BCUT2D eigenvalue weighted by Crippen LogP contribution is 2.16. The van der Waals surface area contributed by atoms with Crippen molar-refractivity contribution < 1.29 is 9.90 Å². The monoisotopic (exact) mass is 279 g/mol. The normalized spacial score (nSPS) is 10.5. The van der Waals surface area contributed by atoms with Crippen LogP contribution in [-0.4, -0.2) is 21.0 Å². The molecule has 5 heteroatoms. The predicted molar refractivity (Wildman–Crippen MR) is 78.8 cm³/mol. The quantitative estimate of drug-likeness (QED) is 0.771. The third-order valence-corrected chi connectivity index (χ3v) is 3.17. The number of nitrogens with one attached hydrogen (secondary N) is 1. The molecule has 5 nitrogen and oxygen atoms in total. The van der Waals surface area contributed by atoms with Crippen molar-refractivity contribution in [2.24, 2.45) is 0 Å². The molecule has 0 unspecified atom stereocenters. The Morgan fingerprint density at radius 2 is 1.86 bits per heavy atom. The van der Waals surface area contributed by atoms with Gasteiger partial charge in [0.1, 0.15) is 11.3 Å². The van der Waals surface area contributed by atoms with Gasteiger partial charge in [0.2, 0.25) is 0 Å². The van der Waals surface area contributed by atoms with E-state index in [1.807, 2.05) is 12.1 Å². The Hall–Kier alpha value is -2.95. The topological polar surface area (TPSA) is 75.1 Å². The zero-order chi connectivity index (χ0) is 14.7. The van der Waals surface area contributed by atoms with Crippen LogP contribution in [0.25, 0.3) is 11.0 Å². The van der Waals surface area contributed by atoms with E-state index in [1.165, 1.54) is 0 Å². The molecular weight excluding hydrogens is 266 g/mol. The van der Waals surface area contributed by atoms with Gasteiger partial charge >= 0.3 is 0 Å². The second-order valence-corrected chi connectivity index (χ2v) is 4.54. The summed E-state index contributed by atoms with van der Waals surface area (Å²) in [5.74, 6) is -0.0835. The lowest BCUT2D eigenvalue weighted by Gasteiger charge is -2.08. The number of para-hydroxylation sites is 2. The van der Waals surface area contributed by atoms with Gasteiger partial charge in [0, 0.05) is 24.5 Å². The maximum atomic E-state index is 12.3. The molecule has 3 aromatic rings. The molecule has 0 bridgehead atoms. The van der Waals surface area contributed by atoms with E-state index in [0.717, 1.165) is 0 Å². The van der Waals surface area contributed by atoms with Crippen LogP contribution in [0.1, 0.15) is 15.9 Å². The number of rotatable bonds is 3. The van der Waals surface area contributed by atoms with Crippen molar-refractivity contribution in [3.63, 3.8) is 0 Å². The van der Waals surface area contributed by atoms with Crippen LogP contribution in [0, 0.1) is 0 Å². The number of aromatic hydroxyl groups is 1. The second-order valence-electron chi connectivity index (χ2n) is 4.54. The number of carbonyl (C=O) groups excluding carboxylic acids is 1. The molecule has 3 rings (SSSR count). The maximum Gasteiger partial charge on any atom is 0.253 e. The molecule has 0 aliphatic carbocycles. The van der Waals surface area contributed by atoms with Gasteiger partial charge in [-0.2, -0.15) is 0 Å². The Morgan fingerprint density at radius 1 is 1.05 bits per heavy atom. The first kappa shape index (κ1) is 13.1. The van der Waals surface area contributed by atoms with Gasteiger partial charge in [-0.1, -0.05) is 24.3 Å². The molecular formula is C16H13N3O2. The molecule has 104 valence electrons. The summed E-state index contributed by atoms with van der Waals surface area (Å²) in [5, 5.41) is 12.5. The van der Waals surface area contributed by atoms with Crippen LogP contribution < -0.4 is 5.32 Å². The van der Waals surface area contributed by atoms with E-state index >= 15 is 0 Å². The van der Waals surface area contributed by atoms with Gasteiger partial charge in [-0.15, -0.1) is 0 Å². The van der Waals surface area contributed by atoms with E-state index in [9.17, 15) is 9.90 Å². The first-order chi connectivity index (χ1) is 10.3. The minimum Gasteiger partial charge on any atom is -0.508 e. The lowest BCUT2D eigenvalue weighted by Crippen LogP contribution is -2.23. The summed E-state index contributed by atoms with van der Waals surface area (Å²) in [6.07, 6.45) is 3.15. The number of aromatic nitrogens is 2. The fraction of sp³-hybridized carbons (Fsp3) is 0.0625. The first-order valence-electron chi connectivity index (χ1n) is 6.50. The van der Waals surface area contributed by atoms with Crippen LogP contribution in [0.5, 0.6) is 5.75 Å². The number of hydrogen-bond acceptors (Lipinski definition) is 4. The number of phenolic OH excluding ortho intramolecular Hbond substituents is 1. The van der Waals surface area contributed by atoms with Crippen molar-refractivity contribution in [2.45, 2.75) is 6.54 Å². The number of carbonyl (C=O) groups is 1. The van der Waals surface area contributed by atoms with E-state index in [4.69, 9.17) is 0 Å². The highest BCUT2D eigenvalue weighted by molar-refractivity contribution is 6.04. The Morgan fingerprint density at radius 3 is 2.71 bits per heavy atom. The van der Waals surface area contributed by atoms with Gasteiger partial charge in [-0.3, -0.25) is 14.8 Å². The van der Waals surface area contributed by atoms with Crippen LogP contribution in [0.4, 0.5) is 0 Å². The molecule has 2 N–H and O–H groups in total. The van der Waals surface area contributed by atoms with Gasteiger partial charge in [0.15, 0.2) is 0 Å². The Labute approximate surface area is 121 Å². The minimum atomic E-state index is -0.246. The molecule has 1 aromatic heterocycles. The van der Waals surface area contributed by atoms with Crippen LogP contribution in [0.15, 0.2) is 54.9 Å². The smallest absolute Gasteiger partial charge is 0.253 e. The molecule has 1 heterocycles. The Balaban J connectivity index is 1.83. The third kappa shape index (κ3) is 2.67. The average Bonchev–Trinajstić information content (AvgIpc) is 2.53. The molecule has 0 radical (unpaired) electrons. The van der Waals surface area contributed by atoms with Gasteiger partial charge in [0.25, 0.3) is 5.91 Å². The summed E-state index contributed by atoms with van der Waals surface area (Å²) in [5.41, 5.74) is 2.37. The van der Waals surface area contributed by atoms with E-state index in [-0.39, 0.29) is 18.2 Å². The largest absolute Gasteiger partial charge is 0.508 e. The van der Waals surface area contributed by atoms with Crippen molar-refractivity contribution in [2.75, 3.05) is 0 Å². The van der Waals surface area contributed by atoms with Crippen LogP contribution >= 0.6 is 0 Å². The van der Waals surface area contributed by atoms with E-state index < -0.39 is 0 Å². The molecule has 0 atom stereocenters. The van der Waals surface area contributed by atoms with Crippen LogP contribution in [0.3, 0.4) is 0 Å². The first-order valence-corrected chi connectivity index (χ1v) is 6.50. The number of hydrogen-bond donors (Lipinski definition) is 2. The average molecular weight is 279 g/mol. The molecule has 1 amide bonds. The SMILES string of the molecule is O=C(NCc1ccccc1O)c1cccc2nccnc12. The van der Waals surface area contributed by atoms with Crippen molar-refractivity contribution in [3.8, 4) is 5.75 Å². The summed E-state index contributed by atoms with van der Waals surface area (Å²) in [6.45, 7) is 0.252. The third-order valence-electron chi connectivity index (χ3n) is 3.17. The Kier molecular flexibility index (Phi) is 3.47. The summed E-state index contributed by atoms with van der Waals surface area (Å²) in [4.78, 5) is 20.7. The molecule has 0 saturated heterocycles. The lowest BCUT2D eigenvalue weighted by molar-refractivity contribution is 0.0952. The van der Waals surface area contributed by atoms with Gasteiger partial charge < -0.3 is 10.4 Å². The van der Waals surface area contributed by atoms with E-state index in [1.54, 1.807) is 42.7 Å². The fourth-order valence-corrected chi connectivity index (χ4v) is 2.11. The van der Waals surface area contributed by atoms with Crippen molar-refractivity contribution >= 4 is 16.9 Å². The zero-order valence-electron chi connectivity index (χ0n) is 11.2. The summed E-state index contributed by atoms with van der Waals surface area (Å²) in [7, 11) is 0. The standard InChI is InChI=1S/C16H13N3O2/c20-14-7-2-1-4-11(14)10-19-16(21)12-5-3-6-13-15(12)18-9-8-17-13/h1-9,20H,10H2,(H,19,21). The summed E-state index contributed by atoms with van der Waals surface area (Å²) in [6, 6.07) is 12.2. The van der Waals surface area contributed by atoms with Gasteiger partial charge in [0.05, 0.1) is 11.1 Å².